The number of ether oxygens (including phenoxy) is 1. The summed E-state index contributed by atoms with van der Waals surface area (Å²) in [6, 6.07) is 3.25. The van der Waals surface area contributed by atoms with Gasteiger partial charge in [-0.25, -0.2) is 15.0 Å². The van der Waals surface area contributed by atoms with E-state index in [1.54, 1.807) is 30.0 Å². The Morgan fingerprint density at radius 2 is 2.09 bits per heavy atom. The van der Waals surface area contributed by atoms with Crippen LogP contribution in [0.3, 0.4) is 0 Å². The SMILES string of the molecule is C=C(N=C/C=C\N)c1ccc(C)nc1C(=O)N1C[C@@H]2C[C@@H]2C[C@H]1COc1cnc(C(F)(F)F)cn1. The summed E-state index contributed by atoms with van der Waals surface area (Å²) in [6.45, 7) is 6.38. The zero-order chi connectivity index (χ0) is 25.2. The highest BCUT2D eigenvalue weighted by Crippen LogP contribution is 2.47. The molecule has 1 amide bonds. The molecule has 2 aromatic rings. The highest BCUT2D eigenvalue weighted by Gasteiger charge is 2.47. The van der Waals surface area contributed by atoms with E-state index >= 15 is 0 Å². The van der Waals surface area contributed by atoms with Crippen molar-refractivity contribution >= 4 is 17.8 Å². The molecule has 3 atom stereocenters. The van der Waals surface area contributed by atoms with Crippen LogP contribution in [-0.2, 0) is 6.18 Å². The second-order valence-electron chi connectivity index (χ2n) is 8.61. The summed E-state index contributed by atoms with van der Waals surface area (Å²) in [5.41, 5.74) is 6.02. The van der Waals surface area contributed by atoms with E-state index in [0.717, 1.165) is 19.0 Å². The quantitative estimate of drug-likeness (QED) is 0.599. The Labute approximate surface area is 200 Å². The van der Waals surface area contributed by atoms with Gasteiger partial charge in [-0.2, -0.15) is 13.2 Å². The van der Waals surface area contributed by atoms with Gasteiger partial charge in [0, 0.05) is 24.0 Å². The fourth-order valence-electron chi connectivity index (χ4n) is 4.17. The number of halogens is 3. The zero-order valence-corrected chi connectivity index (χ0v) is 19.1. The third kappa shape index (κ3) is 5.67. The Morgan fingerprint density at radius 1 is 1.29 bits per heavy atom. The van der Waals surface area contributed by atoms with E-state index in [1.165, 1.54) is 12.4 Å². The second-order valence-corrected chi connectivity index (χ2v) is 8.61. The molecule has 1 saturated carbocycles. The van der Waals surface area contributed by atoms with Crippen molar-refractivity contribution in [2.45, 2.75) is 32.0 Å². The van der Waals surface area contributed by atoms with Gasteiger partial charge >= 0.3 is 6.18 Å². The van der Waals surface area contributed by atoms with E-state index in [1.807, 2.05) is 0 Å². The lowest BCUT2D eigenvalue weighted by Crippen LogP contribution is -2.48. The number of likely N-dealkylation sites (tertiary alicyclic amines) is 1. The maximum absolute atomic E-state index is 13.7. The number of carbonyl (C=O) groups is 1. The van der Waals surface area contributed by atoms with Crippen LogP contribution < -0.4 is 10.5 Å². The Balaban J connectivity index is 1.53. The molecule has 0 spiro atoms. The average Bonchev–Trinajstić information content (AvgIpc) is 3.60. The number of alkyl halides is 3. The Kier molecular flexibility index (Phi) is 6.86. The molecule has 0 radical (unpaired) electrons. The summed E-state index contributed by atoms with van der Waals surface area (Å²) in [4.78, 5) is 31.2. The number of hydrogen-bond acceptors (Lipinski definition) is 7. The van der Waals surface area contributed by atoms with Crippen LogP contribution in [0.25, 0.3) is 5.70 Å². The number of nitrogens with two attached hydrogens (primary N) is 1. The largest absolute Gasteiger partial charge is 0.474 e. The van der Waals surface area contributed by atoms with Gasteiger partial charge in [0.2, 0.25) is 5.88 Å². The summed E-state index contributed by atoms with van der Waals surface area (Å²) in [6.07, 6.45) is 3.11. The average molecular weight is 486 g/mol. The van der Waals surface area contributed by atoms with Gasteiger partial charge in [-0.3, -0.25) is 9.79 Å². The summed E-state index contributed by atoms with van der Waals surface area (Å²) in [7, 11) is 0. The molecule has 11 heteroatoms. The van der Waals surface area contributed by atoms with Crippen molar-refractivity contribution in [1.29, 1.82) is 0 Å². The number of piperidine rings is 1. The molecule has 3 heterocycles. The van der Waals surface area contributed by atoms with Gasteiger partial charge in [0.25, 0.3) is 5.91 Å². The standard InChI is InChI=1S/C24H25F3N6O2/c1-14-4-5-19(15(2)29-7-3-6-28)22(32-14)23(34)33-12-17-8-16(17)9-18(33)13-35-21-11-30-20(10-31-21)24(25,26)27/h3-7,10-11,16-18H,2,8-9,12-13,28H2,1H3/b6-3-,29-7?/t16-,17+,18+/m1/s1. The lowest BCUT2D eigenvalue weighted by atomic mass is 10.0. The zero-order valence-electron chi connectivity index (χ0n) is 19.1. The third-order valence-electron chi connectivity index (χ3n) is 6.09. The van der Waals surface area contributed by atoms with Crippen molar-refractivity contribution in [1.82, 2.24) is 19.9 Å². The van der Waals surface area contributed by atoms with Gasteiger partial charge in [0.05, 0.1) is 24.1 Å². The highest BCUT2D eigenvalue weighted by molar-refractivity contribution is 5.98. The molecule has 1 saturated heterocycles. The van der Waals surface area contributed by atoms with Crippen molar-refractivity contribution in [3.05, 3.63) is 66.0 Å². The molecule has 8 nitrogen and oxygen atoms in total. The lowest BCUT2D eigenvalue weighted by Gasteiger charge is -2.35. The molecular weight excluding hydrogens is 461 g/mol. The van der Waals surface area contributed by atoms with Crippen LogP contribution in [0.2, 0.25) is 0 Å². The topological polar surface area (TPSA) is 107 Å². The van der Waals surface area contributed by atoms with E-state index in [9.17, 15) is 18.0 Å². The van der Waals surface area contributed by atoms with Crippen LogP contribution in [0, 0.1) is 18.8 Å². The number of pyridine rings is 1. The number of hydrogen-bond donors (Lipinski definition) is 1. The smallest absolute Gasteiger partial charge is 0.434 e. The molecule has 4 rings (SSSR count). The number of aliphatic imine (C=N–C) groups is 1. The number of nitrogens with zero attached hydrogens (tertiary/aromatic N) is 5. The van der Waals surface area contributed by atoms with E-state index in [4.69, 9.17) is 10.5 Å². The van der Waals surface area contributed by atoms with Crippen molar-refractivity contribution in [2.24, 2.45) is 22.6 Å². The molecule has 0 aromatic carbocycles. The molecule has 2 fully saturated rings. The number of aryl methyl sites for hydroxylation is 1. The van der Waals surface area contributed by atoms with Gasteiger partial charge in [-0.15, -0.1) is 0 Å². The molecule has 35 heavy (non-hydrogen) atoms. The normalized spacial score (nSPS) is 21.8. The van der Waals surface area contributed by atoms with Crippen LogP contribution in [-0.4, -0.2) is 51.2 Å². The number of carbonyl (C=O) groups excluding carboxylic acids is 1. The van der Waals surface area contributed by atoms with Crippen molar-refractivity contribution in [3.63, 3.8) is 0 Å². The molecule has 0 unspecified atom stereocenters. The van der Waals surface area contributed by atoms with E-state index < -0.39 is 11.9 Å². The molecule has 0 bridgehead atoms. The number of fused-ring (bicyclic) bond motifs is 1. The maximum atomic E-state index is 13.7. The minimum atomic E-state index is -4.58. The van der Waals surface area contributed by atoms with Gasteiger partial charge in [0.15, 0.2) is 5.69 Å². The number of rotatable bonds is 7. The van der Waals surface area contributed by atoms with Crippen molar-refractivity contribution < 1.29 is 22.7 Å². The summed E-state index contributed by atoms with van der Waals surface area (Å²) >= 11 is 0. The fourth-order valence-corrected chi connectivity index (χ4v) is 4.17. The highest BCUT2D eigenvalue weighted by atomic mass is 19.4. The third-order valence-corrected chi connectivity index (χ3v) is 6.09. The first-order valence-electron chi connectivity index (χ1n) is 11.1. The van der Waals surface area contributed by atoms with Crippen LogP contribution >= 0.6 is 0 Å². The second kappa shape index (κ2) is 9.85. The number of aromatic nitrogens is 3. The minimum Gasteiger partial charge on any atom is -0.474 e. The molecule has 1 aliphatic heterocycles. The predicted octanol–water partition coefficient (Wildman–Crippen LogP) is 3.64. The molecule has 1 aliphatic carbocycles. The molecule has 2 aliphatic rings. The van der Waals surface area contributed by atoms with Crippen molar-refractivity contribution in [3.8, 4) is 5.88 Å². The van der Waals surface area contributed by atoms with Gasteiger partial charge in [0.1, 0.15) is 12.3 Å². The van der Waals surface area contributed by atoms with E-state index in [2.05, 4.69) is 26.5 Å². The first-order valence-corrected chi connectivity index (χ1v) is 11.1. The first kappa shape index (κ1) is 24.4. The van der Waals surface area contributed by atoms with E-state index in [0.29, 0.717) is 41.5 Å². The minimum absolute atomic E-state index is 0.0339. The van der Waals surface area contributed by atoms with Crippen LogP contribution in [0.4, 0.5) is 13.2 Å². The molecule has 184 valence electrons. The van der Waals surface area contributed by atoms with Crippen LogP contribution in [0.15, 0.2) is 48.4 Å². The van der Waals surface area contributed by atoms with Gasteiger partial charge in [-0.05, 0) is 56.0 Å². The Bertz CT molecular complexity index is 1160. The maximum Gasteiger partial charge on any atom is 0.434 e. The lowest BCUT2D eigenvalue weighted by molar-refractivity contribution is -0.141. The summed E-state index contributed by atoms with van der Waals surface area (Å²) in [5.74, 6) is 0.615. The van der Waals surface area contributed by atoms with E-state index in [-0.39, 0.29) is 30.1 Å². The van der Waals surface area contributed by atoms with Crippen LogP contribution in [0.1, 0.15) is 40.3 Å². The number of allylic oxidation sites excluding steroid dienone is 1. The molecule has 2 N–H and O–H groups in total. The predicted molar refractivity (Wildman–Crippen MR) is 123 cm³/mol. The monoisotopic (exact) mass is 486 g/mol. The fraction of sp³-hybridized carbons (Fsp3) is 0.375. The van der Waals surface area contributed by atoms with Gasteiger partial charge in [-0.1, -0.05) is 6.58 Å². The summed E-state index contributed by atoms with van der Waals surface area (Å²) < 4.78 is 43.8. The summed E-state index contributed by atoms with van der Waals surface area (Å²) in [5, 5.41) is 0. The number of amides is 1. The first-order chi connectivity index (χ1) is 16.7. The Morgan fingerprint density at radius 3 is 2.77 bits per heavy atom. The van der Waals surface area contributed by atoms with Crippen LogP contribution in [0.5, 0.6) is 5.88 Å². The molecular formula is C24H25F3N6O2. The van der Waals surface area contributed by atoms with Crippen molar-refractivity contribution in [2.75, 3.05) is 13.2 Å². The molecule has 2 aromatic heterocycles. The Hall–Kier alpha value is -3.76. The van der Waals surface area contributed by atoms with Gasteiger partial charge < -0.3 is 15.4 Å².